The Kier molecular flexibility index (Phi) is 7.56. The molecular weight excluding hydrogens is 378 g/mol. The summed E-state index contributed by atoms with van der Waals surface area (Å²) in [5, 5.41) is 0.125. The molecule has 0 bridgehead atoms. The predicted octanol–water partition coefficient (Wildman–Crippen LogP) is 2.14. The molecule has 0 saturated carbocycles. The van der Waals surface area contributed by atoms with Gasteiger partial charge in [-0.05, 0) is 30.0 Å². The third-order valence-electron chi connectivity index (χ3n) is 3.10. The number of carbonyl (C=O) groups is 1. The zero-order valence-corrected chi connectivity index (χ0v) is 14.1. The molecule has 142 valence electrons. The predicted molar refractivity (Wildman–Crippen MR) is 92.1 cm³/mol. The zero-order chi connectivity index (χ0) is 19.9. The number of halogens is 5. The van der Waals surface area contributed by atoms with Crippen LogP contribution in [0.5, 0.6) is 0 Å². The van der Waals surface area contributed by atoms with Gasteiger partial charge in [-0.25, -0.2) is 4.39 Å². The molecular formula is C15H16ClF4N5O. The lowest BCUT2D eigenvalue weighted by atomic mass is 10.0. The van der Waals surface area contributed by atoms with Crippen molar-refractivity contribution in [3.63, 3.8) is 0 Å². The van der Waals surface area contributed by atoms with E-state index in [1.807, 2.05) is 12.1 Å². The minimum Gasteiger partial charge on any atom is -0.370 e. The maximum absolute atomic E-state index is 14.0. The van der Waals surface area contributed by atoms with E-state index < -0.39 is 12.5 Å². The minimum absolute atomic E-state index is 0.00962. The van der Waals surface area contributed by atoms with Crippen LogP contribution in [0.1, 0.15) is 17.5 Å². The van der Waals surface area contributed by atoms with Crippen LogP contribution in [0.3, 0.4) is 0 Å². The van der Waals surface area contributed by atoms with Gasteiger partial charge in [0.05, 0.1) is 5.02 Å². The first-order valence-corrected chi connectivity index (χ1v) is 7.52. The van der Waals surface area contributed by atoms with Crippen molar-refractivity contribution in [1.82, 2.24) is 0 Å². The van der Waals surface area contributed by atoms with Gasteiger partial charge in [0.1, 0.15) is 5.82 Å². The molecule has 0 unspecified atom stereocenters. The molecule has 0 aromatic heterocycles. The van der Waals surface area contributed by atoms with Crippen LogP contribution in [0.2, 0.25) is 5.02 Å². The maximum atomic E-state index is 14.0. The molecule has 0 aliphatic heterocycles. The third-order valence-corrected chi connectivity index (χ3v) is 3.39. The number of guanidine groups is 2. The van der Waals surface area contributed by atoms with Crippen LogP contribution in [-0.4, -0.2) is 30.9 Å². The van der Waals surface area contributed by atoms with Gasteiger partial charge in [0.15, 0.2) is 5.96 Å². The molecule has 1 aliphatic carbocycles. The van der Waals surface area contributed by atoms with Crippen LogP contribution in [-0.2, 0) is 11.2 Å². The molecule has 6 N–H and O–H groups in total. The monoisotopic (exact) mass is 393 g/mol. The Morgan fingerprint density at radius 1 is 1.27 bits per heavy atom. The molecule has 0 amide bonds. The number of carbonyl (C=O) groups excluding carboxylic acids is 1. The van der Waals surface area contributed by atoms with Gasteiger partial charge in [0.2, 0.25) is 12.2 Å². The second kappa shape index (κ2) is 9.18. The highest BCUT2D eigenvalue weighted by Crippen LogP contribution is 2.34. The summed E-state index contributed by atoms with van der Waals surface area (Å²) in [4.78, 5) is 16.3. The fourth-order valence-electron chi connectivity index (χ4n) is 2.13. The molecule has 1 aliphatic rings. The molecule has 6 nitrogen and oxygen atoms in total. The first-order valence-electron chi connectivity index (χ1n) is 7.14. The second-order valence-corrected chi connectivity index (χ2v) is 5.42. The Labute approximate surface area is 151 Å². The van der Waals surface area contributed by atoms with Crippen LogP contribution < -0.4 is 17.2 Å². The average molecular weight is 394 g/mol. The molecule has 1 aromatic carbocycles. The summed E-state index contributed by atoms with van der Waals surface area (Å²) in [5.74, 6) is -0.515. The number of fused-ring (bicyclic) bond motifs is 1. The van der Waals surface area contributed by atoms with Gasteiger partial charge < -0.3 is 17.2 Å². The summed E-state index contributed by atoms with van der Waals surface area (Å²) >= 11 is 5.80. The number of rotatable bonds is 3. The molecule has 0 heterocycles. The topological polar surface area (TPSA) is 120 Å². The Balaban J connectivity index is 0.000000487. The van der Waals surface area contributed by atoms with Crippen molar-refractivity contribution < 1.29 is 22.4 Å². The molecule has 0 radical (unpaired) electrons. The van der Waals surface area contributed by atoms with E-state index >= 15 is 0 Å². The van der Waals surface area contributed by atoms with Gasteiger partial charge in [-0.1, -0.05) is 23.7 Å². The summed E-state index contributed by atoms with van der Waals surface area (Å²) in [6, 6.07) is 3.41. The summed E-state index contributed by atoms with van der Waals surface area (Å²) < 4.78 is 45.3. The van der Waals surface area contributed by atoms with Gasteiger partial charge in [0.25, 0.3) is 0 Å². The molecule has 0 saturated heterocycles. The van der Waals surface area contributed by atoms with Crippen molar-refractivity contribution in [2.24, 2.45) is 27.2 Å². The summed E-state index contributed by atoms with van der Waals surface area (Å²) in [5.41, 5.74) is 18.2. The maximum Gasteiger partial charge on any atom is 0.446 e. The van der Waals surface area contributed by atoms with E-state index in [2.05, 4.69) is 9.98 Å². The fraction of sp³-hybridized carbons (Fsp3) is 0.267. The molecule has 1 aromatic rings. The van der Waals surface area contributed by atoms with Gasteiger partial charge >= 0.3 is 6.18 Å². The van der Waals surface area contributed by atoms with Gasteiger partial charge in [-0.3, -0.25) is 9.79 Å². The quantitative estimate of drug-likeness (QED) is 0.315. The van der Waals surface area contributed by atoms with Gasteiger partial charge in [-0.15, -0.1) is 0 Å². The van der Waals surface area contributed by atoms with E-state index in [0.717, 1.165) is 11.1 Å². The third kappa shape index (κ3) is 6.71. The van der Waals surface area contributed by atoms with Crippen LogP contribution in [0.25, 0.3) is 5.57 Å². The standard InChI is InChI=1S/C13H15ClFN5.C2HF3O/c14-9-4-3-7-1-2-8(10(7)11(9)15)5-6-19-13(18)20-12(16)17;3-2(4,5)1-6/h2-4H,1,5-6H2,(H6,16,17,18,19,20);1H. The molecule has 0 fully saturated rings. The fourth-order valence-corrected chi connectivity index (χ4v) is 2.29. The highest BCUT2D eigenvalue weighted by Gasteiger charge is 2.25. The molecule has 0 spiro atoms. The number of aldehydes is 1. The largest absolute Gasteiger partial charge is 0.446 e. The Morgan fingerprint density at radius 2 is 1.88 bits per heavy atom. The highest BCUT2D eigenvalue weighted by molar-refractivity contribution is 6.31. The van der Waals surface area contributed by atoms with E-state index in [1.165, 1.54) is 0 Å². The van der Waals surface area contributed by atoms with Crippen LogP contribution in [0.15, 0.2) is 28.2 Å². The Hall–Kier alpha value is -2.62. The normalized spacial score (nSPS) is 13.3. The number of nitrogens with two attached hydrogens (primary N) is 3. The lowest BCUT2D eigenvalue weighted by Crippen LogP contribution is -2.26. The van der Waals surface area contributed by atoms with E-state index in [1.54, 1.807) is 6.07 Å². The van der Waals surface area contributed by atoms with Crippen molar-refractivity contribution in [1.29, 1.82) is 0 Å². The molecule has 26 heavy (non-hydrogen) atoms. The Morgan fingerprint density at radius 3 is 2.42 bits per heavy atom. The number of nitrogens with zero attached hydrogens (tertiary/aromatic N) is 2. The van der Waals surface area contributed by atoms with E-state index in [-0.39, 0.29) is 22.8 Å². The Bertz CT molecular complexity index is 755. The van der Waals surface area contributed by atoms with Crippen molar-refractivity contribution in [3.8, 4) is 0 Å². The molecule has 0 atom stereocenters. The number of hydrogen-bond donors (Lipinski definition) is 3. The van der Waals surface area contributed by atoms with E-state index in [9.17, 15) is 17.6 Å². The summed E-state index contributed by atoms with van der Waals surface area (Å²) in [7, 11) is 0. The van der Waals surface area contributed by atoms with E-state index in [0.29, 0.717) is 24.9 Å². The van der Waals surface area contributed by atoms with Crippen molar-refractivity contribution in [2.75, 3.05) is 6.54 Å². The first-order chi connectivity index (χ1) is 12.0. The number of aliphatic imine (C=N–C) groups is 2. The van der Waals surface area contributed by atoms with Gasteiger partial charge in [-0.2, -0.15) is 18.2 Å². The van der Waals surface area contributed by atoms with Crippen molar-refractivity contribution in [3.05, 3.63) is 40.2 Å². The molecule has 11 heteroatoms. The van der Waals surface area contributed by atoms with Crippen LogP contribution >= 0.6 is 11.6 Å². The smallest absolute Gasteiger partial charge is 0.370 e. The lowest BCUT2D eigenvalue weighted by molar-refractivity contribution is -0.156. The van der Waals surface area contributed by atoms with E-state index in [4.69, 9.17) is 33.6 Å². The van der Waals surface area contributed by atoms with Crippen LogP contribution in [0, 0.1) is 5.82 Å². The number of hydrogen-bond acceptors (Lipinski definition) is 2. The lowest BCUT2D eigenvalue weighted by Gasteiger charge is -2.07. The van der Waals surface area contributed by atoms with Crippen molar-refractivity contribution in [2.45, 2.75) is 19.0 Å². The second-order valence-electron chi connectivity index (χ2n) is 5.02. The minimum atomic E-state index is -4.64. The number of allylic oxidation sites excluding steroid dienone is 1. The average Bonchev–Trinajstić information content (AvgIpc) is 2.94. The highest BCUT2D eigenvalue weighted by atomic mass is 35.5. The summed E-state index contributed by atoms with van der Waals surface area (Å²) in [6.07, 6.45) is -2.49. The zero-order valence-electron chi connectivity index (χ0n) is 13.4. The van der Waals surface area contributed by atoms with Crippen LogP contribution in [0.4, 0.5) is 17.6 Å². The first kappa shape index (κ1) is 21.4. The summed E-state index contributed by atoms with van der Waals surface area (Å²) in [6.45, 7) is 0.375. The van der Waals surface area contributed by atoms with Crippen molar-refractivity contribution >= 4 is 35.4 Å². The van der Waals surface area contributed by atoms with Gasteiger partial charge in [0, 0.05) is 12.1 Å². The SMILES string of the molecule is NC(N)=NC(N)=NCCC1=CCc2ccc(Cl)c(F)c21.O=CC(F)(F)F. The number of benzene rings is 1. The number of alkyl halides is 3. The molecule has 2 rings (SSSR count).